The minimum absolute atomic E-state index is 0.259. The van der Waals surface area contributed by atoms with Crippen LogP contribution in [0.15, 0.2) is 0 Å². The molecule has 1 aliphatic rings. The fraction of sp³-hybridized carbons (Fsp3) is 1.00. The minimum Gasteiger partial charge on any atom is -0.396 e. The average molecular weight is 200 g/mol. The molecule has 1 unspecified atom stereocenters. The summed E-state index contributed by atoms with van der Waals surface area (Å²) in [4.78, 5) is 2.52. The summed E-state index contributed by atoms with van der Waals surface area (Å²) in [5, 5.41) is 9.15. The van der Waals surface area contributed by atoms with E-state index >= 15 is 0 Å². The molecular formula is C11H24N2O. The Balaban J connectivity index is 2.27. The van der Waals surface area contributed by atoms with E-state index in [4.69, 9.17) is 10.8 Å². The van der Waals surface area contributed by atoms with Crippen molar-refractivity contribution in [2.75, 3.05) is 32.8 Å². The summed E-state index contributed by atoms with van der Waals surface area (Å²) in [5.41, 5.74) is 5.63. The molecule has 0 aliphatic carbocycles. The first kappa shape index (κ1) is 12.0. The van der Waals surface area contributed by atoms with Crippen LogP contribution in [0.2, 0.25) is 0 Å². The van der Waals surface area contributed by atoms with Gasteiger partial charge < -0.3 is 15.7 Å². The Labute approximate surface area is 87.3 Å². The van der Waals surface area contributed by atoms with Crippen LogP contribution in [0, 0.1) is 11.8 Å². The van der Waals surface area contributed by atoms with Gasteiger partial charge in [0.15, 0.2) is 0 Å². The van der Waals surface area contributed by atoms with E-state index in [9.17, 15) is 0 Å². The van der Waals surface area contributed by atoms with Gasteiger partial charge in [-0.3, -0.25) is 0 Å². The van der Waals surface area contributed by atoms with Crippen LogP contribution in [0.4, 0.5) is 0 Å². The van der Waals surface area contributed by atoms with Crippen molar-refractivity contribution in [1.29, 1.82) is 0 Å². The van der Waals surface area contributed by atoms with Crippen LogP contribution < -0.4 is 5.73 Å². The standard InChI is InChI=1S/C11H24N2O/c1-2-5-13-6-3-10(4-7-13)11(8-12)9-14/h10-11,14H,2-9,12H2,1H3. The van der Waals surface area contributed by atoms with Gasteiger partial charge in [0.25, 0.3) is 0 Å². The molecule has 1 rings (SSSR count). The Morgan fingerprint density at radius 3 is 2.50 bits per heavy atom. The Hall–Kier alpha value is -0.120. The van der Waals surface area contributed by atoms with E-state index in [1.165, 1.54) is 38.9 Å². The highest BCUT2D eigenvalue weighted by Gasteiger charge is 2.24. The normalized spacial score (nSPS) is 22.5. The molecule has 0 aromatic heterocycles. The largest absolute Gasteiger partial charge is 0.396 e. The lowest BCUT2D eigenvalue weighted by atomic mass is 9.85. The summed E-state index contributed by atoms with van der Waals surface area (Å²) < 4.78 is 0. The first-order chi connectivity index (χ1) is 6.81. The van der Waals surface area contributed by atoms with Crippen LogP contribution in [-0.4, -0.2) is 42.8 Å². The predicted molar refractivity (Wildman–Crippen MR) is 59.1 cm³/mol. The van der Waals surface area contributed by atoms with Gasteiger partial charge in [0.2, 0.25) is 0 Å². The Bertz CT molecular complexity index is 140. The lowest BCUT2D eigenvalue weighted by Gasteiger charge is -2.34. The van der Waals surface area contributed by atoms with Gasteiger partial charge in [0, 0.05) is 6.61 Å². The predicted octanol–water partition coefficient (Wildman–Crippen LogP) is 0.676. The topological polar surface area (TPSA) is 49.5 Å². The highest BCUT2D eigenvalue weighted by atomic mass is 16.3. The smallest absolute Gasteiger partial charge is 0.0474 e. The zero-order chi connectivity index (χ0) is 10.4. The van der Waals surface area contributed by atoms with Crippen molar-refractivity contribution in [3.63, 3.8) is 0 Å². The van der Waals surface area contributed by atoms with E-state index in [0.29, 0.717) is 18.4 Å². The lowest BCUT2D eigenvalue weighted by Crippen LogP contribution is -2.39. The number of hydrogen-bond donors (Lipinski definition) is 2. The van der Waals surface area contributed by atoms with Crippen LogP contribution in [0.25, 0.3) is 0 Å². The zero-order valence-corrected chi connectivity index (χ0v) is 9.28. The van der Waals surface area contributed by atoms with Crippen molar-refractivity contribution >= 4 is 0 Å². The molecule has 0 aromatic carbocycles. The summed E-state index contributed by atoms with van der Waals surface area (Å²) in [6, 6.07) is 0. The maximum atomic E-state index is 9.15. The second-order valence-electron chi connectivity index (χ2n) is 4.36. The number of aliphatic hydroxyl groups excluding tert-OH is 1. The first-order valence-corrected chi connectivity index (χ1v) is 5.85. The van der Waals surface area contributed by atoms with Crippen LogP contribution in [-0.2, 0) is 0 Å². The number of likely N-dealkylation sites (tertiary alicyclic amines) is 1. The third kappa shape index (κ3) is 3.23. The molecule has 1 heterocycles. The van der Waals surface area contributed by atoms with Crippen molar-refractivity contribution < 1.29 is 5.11 Å². The van der Waals surface area contributed by atoms with Gasteiger partial charge in [0.1, 0.15) is 0 Å². The third-order valence-corrected chi connectivity index (χ3v) is 3.38. The van der Waals surface area contributed by atoms with Crippen LogP contribution in [0.1, 0.15) is 26.2 Å². The molecule has 1 saturated heterocycles. The molecule has 0 amide bonds. The van der Waals surface area contributed by atoms with Gasteiger partial charge in [0.05, 0.1) is 0 Å². The molecule has 14 heavy (non-hydrogen) atoms. The molecule has 84 valence electrons. The molecule has 0 spiro atoms. The van der Waals surface area contributed by atoms with Gasteiger partial charge in [-0.05, 0) is 57.3 Å². The van der Waals surface area contributed by atoms with Gasteiger partial charge in [-0.2, -0.15) is 0 Å². The monoisotopic (exact) mass is 200 g/mol. The molecule has 0 radical (unpaired) electrons. The van der Waals surface area contributed by atoms with Gasteiger partial charge in [-0.25, -0.2) is 0 Å². The van der Waals surface area contributed by atoms with Gasteiger partial charge in [-0.1, -0.05) is 6.92 Å². The Morgan fingerprint density at radius 1 is 1.43 bits per heavy atom. The van der Waals surface area contributed by atoms with Crippen molar-refractivity contribution in [2.45, 2.75) is 26.2 Å². The van der Waals surface area contributed by atoms with Crippen molar-refractivity contribution in [3.8, 4) is 0 Å². The molecule has 0 bridgehead atoms. The van der Waals surface area contributed by atoms with Gasteiger partial charge >= 0.3 is 0 Å². The van der Waals surface area contributed by atoms with Gasteiger partial charge in [-0.15, -0.1) is 0 Å². The molecule has 1 fully saturated rings. The number of nitrogens with zero attached hydrogens (tertiary/aromatic N) is 1. The van der Waals surface area contributed by atoms with E-state index in [0.717, 1.165) is 0 Å². The van der Waals surface area contributed by atoms with E-state index in [2.05, 4.69) is 11.8 Å². The molecule has 0 aromatic rings. The quantitative estimate of drug-likeness (QED) is 0.686. The molecule has 3 nitrogen and oxygen atoms in total. The van der Waals surface area contributed by atoms with E-state index in [1.54, 1.807) is 0 Å². The third-order valence-electron chi connectivity index (χ3n) is 3.38. The number of nitrogens with two attached hydrogens (primary N) is 1. The lowest BCUT2D eigenvalue weighted by molar-refractivity contribution is 0.111. The van der Waals surface area contributed by atoms with Crippen LogP contribution >= 0.6 is 0 Å². The molecule has 1 aliphatic heterocycles. The van der Waals surface area contributed by atoms with Crippen molar-refractivity contribution in [2.24, 2.45) is 17.6 Å². The minimum atomic E-state index is 0.259. The SMILES string of the molecule is CCCN1CCC(C(CN)CO)CC1. The molecule has 0 saturated carbocycles. The number of aliphatic hydroxyl groups is 1. The van der Waals surface area contributed by atoms with E-state index in [1.807, 2.05) is 0 Å². The zero-order valence-electron chi connectivity index (χ0n) is 9.28. The van der Waals surface area contributed by atoms with Crippen LogP contribution in [0.3, 0.4) is 0 Å². The summed E-state index contributed by atoms with van der Waals surface area (Å²) >= 11 is 0. The second kappa shape index (κ2) is 6.38. The summed E-state index contributed by atoms with van der Waals surface area (Å²) in [6.45, 7) is 6.72. The van der Waals surface area contributed by atoms with E-state index < -0.39 is 0 Å². The highest BCUT2D eigenvalue weighted by Crippen LogP contribution is 2.24. The number of rotatable bonds is 5. The van der Waals surface area contributed by atoms with Crippen LogP contribution in [0.5, 0.6) is 0 Å². The number of hydrogen-bond acceptors (Lipinski definition) is 3. The molecule has 3 heteroatoms. The van der Waals surface area contributed by atoms with Crippen molar-refractivity contribution in [3.05, 3.63) is 0 Å². The Morgan fingerprint density at radius 2 is 2.07 bits per heavy atom. The fourth-order valence-electron chi connectivity index (χ4n) is 2.38. The average Bonchev–Trinajstić information content (AvgIpc) is 2.23. The summed E-state index contributed by atoms with van der Waals surface area (Å²) in [7, 11) is 0. The first-order valence-electron chi connectivity index (χ1n) is 5.85. The molecular weight excluding hydrogens is 176 g/mol. The maximum Gasteiger partial charge on any atom is 0.0474 e. The second-order valence-corrected chi connectivity index (χ2v) is 4.36. The molecule has 1 atom stereocenters. The summed E-state index contributed by atoms with van der Waals surface area (Å²) in [5.74, 6) is 0.983. The van der Waals surface area contributed by atoms with E-state index in [-0.39, 0.29) is 6.61 Å². The Kier molecular flexibility index (Phi) is 5.45. The summed E-state index contributed by atoms with van der Waals surface area (Å²) in [6.07, 6.45) is 3.66. The van der Waals surface area contributed by atoms with Crippen molar-refractivity contribution in [1.82, 2.24) is 4.90 Å². The highest BCUT2D eigenvalue weighted by molar-refractivity contribution is 4.77. The number of piperidine rings is 1. The fourth-order valence-corrected chi connectivity index (χ4v) is 2.38. The maximum absolute atomic E-state index is 9.15. The molecule has 3 N–H and O–H groups in total.